The molecule has 15 nitrogen and oxygen atoms in total. The topological polar surface area (TPSA) is 202 Å². The van der Waals surface area contributed by atoms with Gasteiger partial charge in [0.2, 0.25) is 11.8 Å². The molecule has 0 bridgehead atoms. The number of rotatable bonds is 14. The Bertz CT molecular complexity index is 1780. The average molecular weight is 673 g/mol. The number of nitrogens with two attached hydrogens (primary N) is 1. The maximum absolute atomic E-state index is 14.4. The zero-order chi connectivity index (χ0) is 33.9. The third kappa shape index (κ3) is 7.20. The number of anilines is 1. The molecule has 6 unspecified atom stereocenters. The molecule has 3 heterocycles. The molecular weight excluding hydrogens is 631 g/mol. The van der Waals surface area contributed by atoms with Crippen LogP contribution in [0.2, 0.25) is 0 Å². The molecule has 2 aromatic heterocycles. The van der Waals surface area contributed by atoms with E-state index >= 15 is 0 Å². The van der Waals surface area contributed by atoms with Crippen LogP contribution in [0.25, 0.3) is 21.9 Å². The van der Waals surface area contributed by atoms with Gasteiger partial charge in [-0.15, -0.1) is 0 Å². The number of esters is 1. The summed E-state index contributed by atoms with van der Waals surface area (Å²) in [6.07, 6.45) is -1.41. The summed E-state index contributed by atoms with van der Waals surface area (Å²) < 4.78 is 44.5. The lowest BCUT2D eigenvalue weighted by Gasteiger charge is -2.28. The molecule has 0 radical (unpaired) electrons. The molecule has 5 N–H and O–H groups in total. The van der Waals surface area contributed by atoms with Crippen molar-refractivity contribution < 1.29 is 42.8 Å². The predicted octanol–water partition coefficient (Wildman–Crippen LogP) is 3.80. The van der Waals surface area contributed by atoms with Gasteiger partial charge in [-0.2, -0.15) is 15.1 Å². The van der Waals surface area contributed by atoms with Crippen LogP contribution in [0.3, 0.4) is 0 Å². The number of imidazole rings is 1. The number of nitrogens with one attached hydrogen (secondary N) is 1. The van der Waals surface area contributed by atoms with Crippen LogP contribution in [0, 0.1) is 6.92 Å². The molecule has 5 rings (SSSR count). The zero-order valence-corrected chi connectivity index (χ0v) is 27.8. The van der Waals surface area contributed by atoms with E-state index in [0.29, 0.717) is 17.6 Å². The van der Waals surface area contributed by atoms with Gasteiger partial charge in [-0.05, 0) is 38.6 Å². The minimum absolute atomic E-state index is 0.0934. The summed E-state index contributed by atoms with van der Waals surface area (Å²) in [5.74, 6) is 0.0139. The highest BCUT2D eigenvalue weighted by atomic mass is 31.2. The Morgan fingerprint density at radius 2 is 1.94 bits per heavy atom. The minimum atomic E-state index is -4.36. The number of hydrogen-bond acceptors (Lipinski definition) is 13. The maximum atomic E-state index is 14.4. The Hall–Kier alpha value is -3.85. The second-order valence-corrected chi connectivity index (χ2v) is 13.3. The van der Waals surface area contributed by atoms with Gasteiger partial charge < -0.3 is 34.7 Å². The third-order valence-electron chi connectivity index (χ3n) is 7.96. The highest BCUT2D eigenvalue weighted by Gasteiger charge is 2.54. The first-order valence-electron chi connectivity index (χ1n) is 15.4. The minimum Gasteiger partial charge on any atom is -0.479 e. The SMILES string of the molecule is CCCCCOC(=O)C(C)NP(=O)(OCC1OC(n2c(C)nc3c(OC)nc(N)nc32)C(C)(O)C1O)Oc1cccc2ccccc12. The van der Waals surface area contributed by atoms with Crippen LogP contribution in [0.5, 0.6) is 11.6 Å². The van der Waals surface area contributed by atoms with Gasteiger partial charge in [0.1, 0.15) is 35.4 Å². The summed E-state index contributed by atoms with van der Waals surface area (Å²) in [5.41, 5.74) is 4.48. The lowest BCUT2D eigenvalue weighted by atomic mass is 9.96. The number of aliphatic hydroxyl groups excluding tert-OH is 1. The number of aryl methyl sites for hydroxylation is 1. The van der Waals surface area contributed by atoms with Crippen LogP contribution >= 0.6 is 7.75 Å². The Balaban J connectivity index is 1.40. The number of methoxy groups -OCH3 is 1. The number of carbonyl (C=O) groups is 1. The molecule has 2 aromatic carbocycles. The van der Waals surface area contributed by atoms with Crippen molar-refractivity contribution in [1.29, 1.82) is 0 Å². The van der Waals surface area contributed by atoms with Crippen LogP contribution in [-0.2, 0) is 23.4 Å². The van der Waals surface area contributed by atoms with Crippen LogP contribution in [-0.4, -0.2) is 79.9 Å². The van der Waals surface area contributed by atoms with E-state index in [9.17, 15) is 19.6 Å². The van der Waals surface area contributed by atoms with E-state index in [-0.39, 0.29) is 35.3 Å². The second-order valence-electron chi connectivity index (χ2n) is 11.6. The van der Waals surface area contributed by atoms with Crippen LogP contribution in [0.4, 0.5) is 5.95 Å². The lowest BCUT2D eigenvalue weighted by Crippen LogP contribution is -2.44. The molecule has 4 aromatic rings. The molecule has 16 heteroatoms. The first-order chi connectivity index (χ1) is 22.4. The largest absolute Gasteiger partial charge is 0.479 e. The Morgan fingerprint density at radius 3 is 2.68 bits per heavy atom. The van der Waals surface area contributed by atoms with Gasteiger partial charge in [0.05, 0.1) is 20.3 Å². The Morgan fingerprint density at radius 1 is 1.19 bits per heavy atom. The van der Waals surface area contributed by atoms with E-state index in [1.165, 1.54) is 25.5 Å². The molecule has 1 fully saturated rings. The number of nitrogen functional groups attached to an aromatic ring is 1. The van der Waals surface area contributed by atoms with E-state index in [1.54, 1.807) is 25.1 Å². The van der Waals surface area contributed by atoms with Gasteiger partial charge in [0.25, 0.3) is 0 Å². The number of carbonyl (C=O) groups excluding carboxylic acids is 1. The first kappa shape index (κ1) is 34.5. The monoisotopic (exact) mass is 672 g/mol. The van der Waals surface area contributed by atoms with Crippen molar-refractivity contribution >= 4 is 41.6 Å². The number of unbranched alkanes of at least 4 members (excludes halogenated alkanes) is 2. The molecule has 6 atom stereocenters. The fraction of sp³-hybridized carbons (Fsp3) is 0.484. The normalized spacial score (nSPS) is 23.1. The molecular formula is C31H41N6O9P. The molecule has 0 aliphatic carbocycles. The molecule has 47 heavy (non-hydrogen) atoms. The van der Waals surface area contributed by atoms with Crippen molar-refractivity contribution in [2.75, 3.05) is 26.1 Å². The molecule has 0 amide bonds. The summed E-state index contributed by atoms with van der Waals surface area (Å²) >= 11 is 0. The number of fused-ring (bicyclic) bond motifs is 2. The number of aromatic nitrogens is 4. The molecule has 1 aliphatic rings. The quantitative estimate of drug-likeness (QED) is 0.0855. The highest BCUT2D eigenvalue weighted by molar-refractivity contribution is 7.52. The summed E-state index contributed by atoms with van der Waals surface area (Å²) in [4.78, 5) is 25.6. The van der Waals surface area contributed by atoms with E-state index in [4.69, 9.17) is 29.0 Å². The molecule has 254 valence electrons. The molecule has 0 saturated carbocycles. The highest BCUT2D eigenvalue weighted by Crippen LogP contribution is 2.49. The van der Waals surface area contributed by atoms with Gasteiger partial charge in [0, 0.05) is 5.39 Å². The second kappa shape index (κ2) is 14.1. The van der Waals surface area contributed by atoms with Crippen molar-refractivity contribution in [3.05, 3.63) is 48.3 Å². The number of nitrogens with zero attached hydrogens (tertiary/aromatic N) is 4. The van der Waals surface area contributed by atoms with E-state index in [2.05, 4.69) is 20.0 Å². The number of hydrogen-bond donors (Lipinski definition) is 4. The summed E-state index contributed by atoms with van der Waals surface area (Å²) in [6.45, 7) is 6.28. The van der Waals surface area contributed by atoms with Gasteiger partial charge in [0.15, 0.2) is 17.4 Å². The van der Waals surface area contributed by atoms with Crippen molar-refractivity contribution in [3.8, 4) is 11.6 Å². The lowest BCUT2D eigenvalue weighted by molar-refractivity contribution is -0.145. The molecule has 1 saturated heterocycles. The first-order valence-corrected chi connectivity index (χ1v) is 16.9. The fourth-order valence-corrected chi connectivity index (χ4v) is 6.98. The standard InChI is InChI=1S/C31H41N6O9P/c1-6-7-10-16-43-28(39)18(2)36-47(41,46-22-15-11-13-20-12-8-9-14-21(20)22)44-17-23-25(38)31(4,40)29(45-23)37-19(3)33-24-26(37)34-30(32)35-27(24)42-5/h8-9,11-15,18,23,25,29,38,40H,6-7,10,16-17H2,1-5H3,(H,36,41)(H2,32,34,35). The number of benzene rings is 2. The average Bonchev–Trinajstić information content (AvgIpc) is 3.48. The number of aliphatic hydroxyl groups is 2. The van der Waals surface area contributed by atoms with Crippen LogP contribution in [0.1, 0.15) is 52.1 Å². The zero-order valence-electron chi connectivity index (χ0n) is 27.0. The maximum Gasteiger partial charge on any atom is 0.459 e. The summed E-state index contributed by atoms with van der Waals surface area (Å²) in [6, 6.07) is 11.5. The van der Waals surface area contributed by atoms with E-state index in [1.807, 2.05) is 31.2 Å². The van der Waals surface area contributed by atoms with Crippen LogP contribution in [0.15, 0.2) is 42.5 Å². The van der Waals surface area contributed by atoms with Gasteiger partial charge >= 0.3 is 13.7 Å². The van der Waals surface area contributed by atoms with Crippen molar-refractivity contribution in [2.24, 2.45) is 0 Å². The molecule has 0 spiro atoms. The van der Waals surface area contributed by atoms with E-state index in [0.717, 1.165) is 18.2 Å². The summed E-state index contributed by atoms with van der Waals surface area (Å²) in [7, 11) is -2.95. The van der Waals surface area contributed by atoms with Gasteiger partial charge in [-0.1, -0.05) is 56.2 Å². The van der Waals surface area contributed by atoms with E-state index < -0.39 is 50.4 Å². The Kier molecular flexibility index (Phi) is 10.3. The van der Waals surface area contributed by atoms with Gasteiger partial charge in [-0.3, -0.25) is 13.9 Å². The van der Waals surface area contributed by atoms with Crippen molar-refractivity contribution in [1.82, 2.24) is 24.6 Å². The number of ether oxygens (including phenoxy) is 3. The smallest absolute Gasteiger partial charge is 0.459 e. The van der Waals surface area contributed by atoms with Crippen molar-refractivity contribution in [3.63, 3.8) is 0 Å². The predicted molar refractivity (Wildman–Crippen MR) is 173 cm³/mol. The Labute approximate surface area is 271 Å². The van der Waals surface area contributed by atoms with Crippen LogP contribution < -0.4 is 20.1 Å². The molecule has 1 aliphatic heterocycles. The fourth-order valence-electron chi connectivity index (χ4n) is 5.46. The van der Waals surface area contributed by atoms with Gasteiger partial charge in [-0.25, -0.2) is 9.55 Å². The summed E-state index contributed by atoms with van der Waals surface area (Å²) in [5, 5.41) is 26.9. The van der Waals surface area contributed by atoms with Crippen molar-refractivity contribution in [2.45, 2.75) is 77.0 Å². The third-order valence-corrected chi connectivity index (χ3v) is 9.59.